The quantitative estimate of drug-likeness (QED) is 0.141. The summed E-state index contributed by atoms with van der Waals surface area (Å²) in [5, 5.41) is 4.67. The molecule has 11 aromatic rings. The van der Waals surface area contributed by atoms with Gasteiger partial charge in [-0.1, -0.05) is 133 Å². The number of aromatic nitrogens is 6. The molecule has 288 valence electrons. The molecule has 0 saturated carbocycles. The first kappa shape index (κ1) is 38.7. The standard InChI is InChI=1S/C26H20N2.C13H10N2.C13H9N2.Cu/c1-17-15-23(19-9-5-3-6-10-19)21-13-14-22-24(20-11-7-4-8-12-20)16-18(2)28-26(22)25(21)27-17;2*1-2-6-11-10(5-1)9-13(15-11)12-7-3-4-8-14-12;/h3-16H,1-2H3;1-9,15H;1-9H;/q;;-1;+1. The smallest absolute Gasteiger partial charge is 0.656 e. The van der Waals surface area contributed by atoms with E-state index in [0.29, 0.717) is 0 Å². The summed E-state index contributed by atoms with van der Waals surface area (Å²) in [5.41, 5.74) is 14.8. The number of fused-ring (bicyclic) bond motifs is 5. The van der Waals surface area contributed by atoms with E-state index in [4.69, 9.17) is 9.97 Å². The minimum atomic E-state index is 0. The Morgan fingerprint density at radius 3 is 1.51 bits per heavy atom. The van der Waals surface area contributed by atoms with Crippen LogP contribution in [0.4, 0.5) is 0 Å². The molecule has 0 bridgehead atoms. The van der Waals surface area contributed by atoms with E-state index < -0.39 is 0 Å². The molecule has 0 aliphatic carbocycles. The Balaban J connectivity index is 0.000000132. The zero-order valence-corrected chi connectivity index (χ0v) is 33.5. The molecule has 0 fully saturated rings. The minimum Gasteiger partial charge on any atom is -0.656 e. The number of para-hydroxylation sites is 2. The van der Waals surface area contributed by atoms with E-state index in [1.165, 1.54) is 27.6 Å². The number of benzene rings is 5. The van der Waals surface area contributed by atoms with Crippen LogP contribution in [0, 0.1) is 13.8 Å². The van der Waals surface area contributed by atoms with E-state index >= 15 is 0 Å². The topological polar surface area (TPSA) is 81.5 Å². The van der Waals surface area contributed by atoms with Crippen LogP contribution in [-0.2, 0) is 17.1 Å². The van der Waals surface area contributed by atoms with Gasteiger partial charge < -0.3 is 9.97 Å². The third kappa shape index (κ3) is 8.44. The van der Waals surface area contributed by atoms with Gasteiger partial charge >= 0.3 is 17.1 Å². The third-order valence-corrected chi connectivity index (χ3v) is 10.1. The summed E-state index contributed by atoms with van der Waals surface area (Å²) in [6.45, 7) is 4.11. The van der Waals surface area contributed by atoms with Gasteiger partial charge in [-0.3, -0.25) is 19.9 Å². The van der Waals surface area contributed by atoms with Gasteiger partial charge in [0.2, 0.25) is 0 Å². The number of nitrogens with zero attached hydrogens (tertiary/aromatic N) is 5. The number of nitrogens with one attached hydrogen (secondary N) is 1. The Hall–Kier alpha value is -7.18. The van der Waals surface area contributed by atoms with E-state index in [9.17, 15) is 0 Å². The molecule has 0 saturated heterocycles. The molecule has 6 heterocycles. The molecule has 0 spiro atoms. The first-order chi connectivity index (χ1) is 28.6. The van der Waals surface area contributed by atoms with Crippen LogP contribution in [0.15, 0.2) is 194 Å². The van der Waals surface area contributed by atoms with Crippen molar-refractivity contribution < 1.29 is 17.1 Å². The second kappa shape index (κ2) is 17.5. The van der Waals surface area contributed by atoms with Crippen LogP contribution in [0.2, 0.25) is 0 Å². The van der Waals surface area contributed by atoms with Gasteiger partial charge in [-0.05, 0) is 90.0 Å². The number of H-pyrrole nitrogens is 1. The molecule has 0 unspecified atom stereocenters. The summed E-state index contributed by atoms with van der Waals surface area (Å²) in [6, 6.07) is 62.0. The van der Waals surface area contributed by atoms with Crippen LogP contribution < -0.4 is 4.98 Å². The van der Waals surface area contributed by atoms with Crippen LogP contribution in [0.3, 0.4) is 0 Å². The molecular formula is C52H39CuN6. The molecule has 11 rings (SSSR count). The average Bonchev–Trinajstić information content (AvgIpc) is 3.93. The average molecular weight is 811 g/mol. The summed E-state index contributed by atoms with van der Waals surface area (Å²) >= 11 is 0. The van der Waals surface area contributed by atoms with Crippen molar-refractivity contribution in [2.75, 3.05) is 0 Å². The van der Waals surface area contributed by atoms with Crippen LogP contribution in [0.25, 0.3) is 88.6 Å². The SMILES string of the molecule is Cc1cc(-c2ccccc2)c2ccc3c(-c4ccccc4)cc(C)nc3c2n1.[Cu+].c1ccc(-c2cc3ccccc3[n-]2)nc1.c1ccc(-c2cc3ccccc3[nH]2)nc1. The van der Waals surface area contributed by atoms with Crippen molar-refractivity contribution in [1.82, 2.24) is 29.9 Å². The van der Waals surface area contributed by atoms with Crippen molar-refractivity contribution in [2.45, 2.75) is 13.8 Å². The maximum atomic E-state index is 4.90. The largest absolute Gasteiger partial charge is 1.00 e. The molecule has 7 heteroatoms. The first-order valence-corrected chi connectivity index (χ1v) is 19.3. The minimum absolute atomic E-state index is 0. The fraction of sp³-hybridized carbons (Fsp3) is 0.0385. The summed E-state index contributed by atoms with van der Waals surface area (Å²) in [5.74, 6) is 0. The van der Waals surface area contributed by atoms with Crippen LogP contribution >= 0.6 is 0 Å². The first-order valence-electron chi connectivity index (χ1n) is 19.3. The van der Waals surface area contributed by atoms with Gasteiger partial charge in [-0.25, -0.2) is 0 Å². The van der Waals surface area contributed by atoms with Gasteiger partial charge in [0, 0.05) is 51.2 Å². The maximum absolute atomic E-state index is 4.90. The van der Waals surface area contributed by atoms with Crippen LogP contribution in [0.5, 0.6) is 0 Å². The number of hydrogen-bond donors (Lipinski definition) is 1. The molecule has 0 amide bonds. The Morgan fingerprint density at radius 1 is 0.458 bits per heavy atom. The van der Waals surface area contributed by atoms with Crippen molar-refractivity contribution >= 4 is 43.6 Å². The van der Waals surface area contributed by atoms with Crippen molar-refractivity contribution in [3.63, 3.8) is 0 Å². The molecule has 6 nitrogen and oxygen atoms in total. The molecular weight excluding hydrogens is 772 g/mol. The van der Waals surface area contributed by atoms with Gasteiger partial charge in [0.25, 0.3) is 0 Å². The van der Waals surface area contributed by atoms with Crippen molar-refractivity contribution in [2.24, 2.45) is 0 Å². The molecule has 0 aliphatic rings. The van der Waals surface area contributed by atoms with E-state index in [2.05, 4.69) is 137 Å². The predicted molar refractivity (Wildman–Crippen MR) is 239 cm³/mol. The molecule has 0 aliphatic heterocycles. The Bertz CT molecular complexity index is 2850. The second-order valence-corrected chi connectivity index (χ2v) is 14.1. The molecule has 5 aromatic carbocycles. The molecule has 0 radical (unpaired) electrons. The third-order valence-electron chi connectivity index (χ3n) is 10.1. The molecule has 1 N–H and O–H groups in total. The van der Waals surface area contributed by atoms with Gasteiger partial charge in [-0.2, -0.15) is 0 Å². The number of rotatable bonds is 4. The van der Waals surface area contributed by atoms with Gasteiger partial charge in [0.05, 0.1) is 22.4 Å². The summed E-state index contributed by atoms with van der Waals surface area (Å²) in [4.78, 5) is 26.3. The summed E-state index contributed by atoms with van der Waals surface area (Å²) in [7, 11) is 0. The van der Waals surface area contributed by atoms with E-state index in [-0.39, 0.29) is 17.1 Å². The fourth-order valence-electron chi connectivity index (χ4n) is 7.34. The Morgan fingerprint density at radius 2 is 0.966 bits per heavy atom. The molecule has 6 aromatic heterocycles. The van der Waals surface area contributed by atoms with Gasteiger partial charge in [0.15, 0.2) is 0 Å². The monoisotopic (exact) mass is 810 g/mol. The fourth-order valence-corrected chi connectivity index (χ4v) is 7.34. The Labute approximate surface area is 353 Å². The maximum Gasteiger partial charge on any atom is 1.00 e. The molecule has 59 heavy (non-hydrogen) atoms. The van der Waals surface area contributed by atoms with Gasteiger partial charge in [0.1, 0.15) is 0 Å². The zero-order valence-electron chi connectivity index (χ0n) is 32.5. The van der Waals surface area contributed by atoms with E-state index in [1.807, 2.05) is 78.9 Å². The van der Waals surface area contributed by atoms with Gasteiger partial charge in [-0.15, -0.1) is 11.2 Å². The van der Waals surface area contributed by atoms with Crippen LogP contribution in [0.1, 0.15) is 11.4 Å². The number of hydrogen-bond acceptors (Lipinski definition) is 4. The summed E-state index contributed by atoms with van der Waals surface area (Å²) < 4.78 is 0. The van der Waals surface area contributed by atoms with E-state index in [0.717, 1.165) is 72.4 Å². The second-order valence-electron chi connectivity index (χ2n) is 14.1. The normalized spacial score (nSPS) is 10.7. The predicted octanol–water partition coefficient (Wildman–Crippen LogP) is 12.8. The zero-order chi connectivity index (χ0) is 39.3. The van der Waals surface area contributed by atoms with E-state index in [1.54, 1.807) is 12.4 Å². The Kier molecular flexibility index (Phi) is 11.5. The van der Waals surface area contributed by atoms with Crippen molar-refractivity contribution in [3.05, 3.63) is 206 Å². The number of pyridine rings is 4. The van der Waals surface area contributed by atoms with Crippen LogP contribution in [-0.4, -0.2) is 24.9 Å². The summed E-state index contributed by atoms with van der Waals surface area (Å²) in [6.07, 6.45) is 3.59. The van der Waals surface area contributed by atoms with Crippen molar-refractivity contribution in [1.29, 1.82) is 0 Å². The number of aromatic amines is 1. The number of aryl methyl sites for hydroxylation is 2. The molecule has 0 atom stereocenters. The van der Waals surface area contributed by atoms with Crippen molar-refractivity contribution in [3.8, 4) is 45.0 Å².